The van der Waals surface area contributed by atoms with E-state index in [1.165, 1.54) is 6.39 Å². The molecule has 1 atom stereocenters. The first kappa shape index (κ1) is 17.3. The average molecular weight is 365 g/mol. The molecule has 1 amide bonds. The molecular formula is C20H23N5O2. The number of nitrogens with one attached hydrogen (secondary N) is 1. The highest BCUT2D eigenvalue weighted by molar-refractivity contribution is 5.97. The molecule has 140 valence electrons. The van der Waals surface area contributed by atoms with E-state index in [2.05, 4.69) is 26.4 Å². The molecule has 1 unspecified atom stereocenters. The van der Waals surface area contributed by atoms with Gasteiger partial charge in [-0.1, -0.05) is 30.3 Å². The maximum atomic E-state index is 12.8. The fraction of sp³-hybridized carbons (Fsp3) is 0.350. The third-order valence-electron chi connectivity index (χ3n) is 4.88. The highest BCUT2D eigenvalue weighted by Gasteiger charge is 2.26. The van der Waals surface area contributed by atoms with Gasteiger partial charge in [-0.15, -0.1) is 0 Å². The largest absolute Gasteiger partial charge is 0.438 e. The van der Waals surface area contributed by atoms with Crippen LogP contribution in [0.15, 0.2) is 47.2 Å². The van der Waals surface area contributed by atoms with Gasteiger partial charge >= 0.3 is 0 Å². The van der Waals surface area contributed by atoms with Crippen molar-refractivity contribution in [3.63, 3.8) is 0 Å². The Labute approximate surface area is 158 Å². The molecule has 1 aromatic carbocycles. The Morgan fingerprint density at radius 3 is 2.85 bits per heavy atom. The summed E-state index contributed by atoms with van der Waals surface area (Å²) < 4.78 is 7.30. The van der Waals surface area contributed by atoms with Crippen LogP contribution in [0.4, 0.5) is 5.82 Å². The Morgan fingerprint density at radius 2 is 2.11 bits per heavy atom. The number of carbonyl (C=O) groups is 1. The Bertz CT molecular complexity index is 931. The number of rotatable bonds is 4. The molecule has 0 aliphatic carbocycles. The van der Waals surface area contributed by atoms with Crippen molar-refractivity contribution in [1.82, 2.24) is 20.1 Å². The second-order valence-electron chi connectivity index (χ2n) is 6.92. The van der Waals surface area contributed by atoms with Gasteiger partial charge in [-0.3, -0.25) is 9.48 Å². The maximum Gasteiger partial charge on any atom is 0.289 e. The Hall–Kier alpha value is -3.09. The zero-order valence-corrected chi connectivity index (χ0v) is 15.6. The van der Waals surface area contributed by atoms with Crippen LogP contribution in [0.3, 0.4) is 0 Å². The van der Waals surface area contributed by atoms with Gasteiger partial charge in [-0.25, -0.2) is 4.98 Å². The summed E-state index contributed by atoms with van der Waals surface area (Å²) in [4.78, 5) is 19.3. The molecule has 7 nitrogen and oxygen atoms in total. The molecule has 3 heterocycles. The molecule has 0 radical (unpaired) electrons. The maximum absolute atomic E-state index is 12.8. The molecule has 0 spiro atoms. The van der Waals surface area contributed by atoms with Crippen LogP contribution < -0.4 is 10.2 Å². The molecule has 0 bridgehead atoms. The van der Waals surface area contributed by atoms with Gasteiger partial charge in [0.2, 0.25) is 5.76 Å². The van der Waals surface area contributed by atoms with Crippen LogP contribution in [0.5, 0.6) is 0 Å². The number of hydrogen-bond acceptors (Lipinski definition) is 5. The van der Waals surface area contributed by atoms with Crippen molar-refractivity contribution in [2.75, 3.05) is 18.0 Å². The van der Waals surface area contributed by atoms with E-state index >= 15 is 0 Å². The third kappa shape index (κ3) is 3.58. The number of benzene rings is 1. The van der Waals surface area contributed by atoms with E-state index in [4.69, 9.17) is 4.42 Å². The van der Waals surface area contributed by atoms with Crippen molar-refractivity contribution < 1.29 is 9.21 Å². The molecule has 2 aromatic heterocycles. The lowest BCUT2D eigenvalue weighted by molar-refractivity contribution is 0.0906. The van der Waals surface area contributed by atoms with E-state index in [0.717, 1.165) is 43.0 Å². The number of oxazole rings is 1. The molecule has 1 aliphatic rings. The van der Waals surface area contributed by atoms with E-state index in [9.17, 15) is 4.79 Å². The van der Waals surface area contributed by atoms with Crippen molar-refractivity contribution in [3.8, 4) is 11.3 Å². The zero-order valence-electron chi connectivity index (χ0n) is 15.6. The second kappa shape index (κ2) is 7.26. The molecule has 4 rings (SSSR count). The average Bonchev–Trinajstić information content (AvgIpc) is 3.29. The molecule has 27 heavy (non-hydrogen) atoms. The lowest BCUT2D eigenvalue weighted by atomic mass is 10.0. The molecular weight excluding hydrogens is 342 g/mol. The van der Waals surface area contributed by atoms with Crippen molar-refractivity contribution in [1.29, 1.82) is 0 Å². The first-order chi connectivity index (χ1) is 13.1. The first-order valence-corrected chi connectivity index (χ1v) is 9.17. The van der Waals surface area contributed by atoms with Crippen LogP contribution in [0.25, 0.3) is 11.3 Å². The third-order valence-corrected chi connectivity index (χ3v) is 4.88. The van der Waals surface area contributed by atoms with Crippen molar-refractivity contribution >= 4 is 11.7 Å². The van der Waals surface area contributed by atoms with Gasteiger partial charge in [-0.05, 0) is 19.8 Å². The summed E-state index contributed by atoms with van der Waals surface area (Å²) in [6, 6.07) is 11.7. The van der Waals surface area contributed by atoms with Crippen LogP contribution in [0, 0.1) is 6.92 Å². The standard InChI is InChI=1S/C20H23N5O2/c1-14-11-17(24(2)23-14)25-10-6-9-16(12-25)22-20(26)19-18(21-13-27-19)15-7-4-3-5-8-15/h3-5,7-8,11,13,16H,6,9-10,12H2,1-2H3,(H,22,26). The second-order valence-corrected chi connectivity index (χ2v) is 6.92. The van der Waals surface area contributed by atoms with Crippen LogP contribution in [-0.2, 0) is 7.05 Å². The van der Waals surface area contributed by atoms with E-state index < -0.39 is 0 Å². The number of aromatic nitrogens is 3. The number of nitrogens with zero attached hydrogens (tertiary/aromatic N) is 4. The molecule has 1 aliphatic heterocycles. The van der Waals surface area contributed by atoms with Crippen molar-refractivity contribution in [2.45, 2.75) is 25.8 Å². The summed E-state index contributed by atoms with van der Waals surface area (Å²) in [6.45, 7) is 3.70. The normalized spacial score (nSPS) is 17.1. The number of carbonyl (C=O) groups excluding carboxylic acids is 1. The number of anilines is 1. The quantitative estimate of drug-likeness (QED) is 0.769. The van der Waals surface area contributed by atoms with E-state index in [1.807, 2.05) is 49.0 Å². The molecule has 7 heteroatoms. The smallest absolute Gasteiger partial charge is 0.289 e. The number of amides is 1. The molecule has 3 aromatic rings. The monoisotopic (exact) mass is 365 g/mol. The lowest BCUT2D eigenvalue weighted by Crippen LogP contribution is -2.48. The van der Waals surface area contributed by atoms with Gasteiger partial charge in [0.15, 0.2) is 6.39 Å². The van der Waals surface area contributed by atoms with Crippen molar-refractivity contribution in [3.05, 3.63) is 54.2 Å². The van der Waals surface area contributed by atoms with Crippen LogP contribution in [0.1, 0.15) is 29.1 Å². The summed E-state index contributed by atoms with van der Waals surface area (Å²) in [5.41, 5.74) is 2.43. The summed E-state index contributed by atoms with van der Waals surface area (Å²) in [5, 5.41) is 7.54. The lowest BCUT2D eigenvalue weighted by Gasteiger charge is -2.34. The highest BCUT2D eigenvalue weighted by Crippen LogP contribution is 2.23. The minimum Gasteiger partial charge on any atom is -0.438 e. The van der Waals surface area contributed by atoms with Crippen LogP contribution in [0.2, 0.25) is 0 Å². The van der Waals surface area contributed by atoms with Gasteiger partial charge in [-0.2, -0.15) is 5.10 Å². The van der Waals surface area contributed by atoms with Gasteiger partial charge in [0.05, 0.1) is 5.69 Å². The fourth-order valence-corrected chi connectivity index (χ4v) is 3.66. The Kier molecular flexibility index (Phi) is 4.66. The Morgan fingerprint density at radius 1 is 1.30 bits per heavy atom. The minimum absolute atomic E-state index is 0.0511. The SMILES string of the molecule is Cc1cc(N2CCCC(NC(=O)c3ocnc3-c3ccccc3)C2)n(C)n1. The first-order valence-electron chi connectivity index (χ1n) is 9.17. The predicted molar refractivity (Wildman–Crippen MR) is 103 cm³/mol. The van der Waals surface area contributed by atoms with Crippen molar-refractivity contribution in [2.24, 2.45) is 7.05 Å². The Balaban J connectivity index is 1.47. The molecule has 1 N–H and O–H groups in total. The van der Waals surface area contributed by atoms with Gasteiger partial charge in [0.1, 0.15) is 11.5 Å². The molecule has 0 saturated carbocycles. The molecule has 1 saturated heterocycles. The summed E-state index contributed by atoms with van der Waals surface area (Å²) in [6.07, 6.45) is 3.27. The van der Waals surface area contributed by atoms with E-state index in [1.54, 1.807) is 0 Å². The number of aryl methyl sites for hydroxylation is 2. The number of piperidine rings is 1. The summed E-state index contributed by atoms with van der Waals surface area (Å²) in [7, 11) is 1.95. The minimum atomic E-state index is -0.223. The highest BCUT2D eigenvalue weighted by atomic mass is 16.3. The van der Waals surface area contributed by atoms with Gasteiger partial charge in [0, 0.05) is 37.8 Å². The van der Waals surface area contributed by atoms with Gasteiger partial charge in [0.25, 0.3) is 5.91 Å². The molecule has 1 fully saturated rings. The van der Waals surface area contributed by atoms with Crippen LogP contribution >= 0.6 is 0 Å². The van der Waals surface area contributed by atoms with Crippen LogP contribution in [-0.4, -0.2) is 39.8 Å². The summed E-state index contributed by atoms with van der Waals surface area (Å²) >= 11 is 0. The van der Waals surface area contributed by atoms with Gasteiger partial charge < -0.3 is 14.6 Å². The summed E-state index contributed by atoms with van der Waals surface area (Å²) in [5.74, 6) is 1.12. The predicted octanol–water partition coefficient (Wildman–Crippen LogP) is 2.78. The number of hydrogen-bond donors (Lipinski definition) is 1. The fourth-order valence-electron chi connectivity index (χ4n) is 3.66. The topological polar surface area (TPSA) is 76.2 Å². The zero-order chi connectivity index (χ0) is 18.8. The van der Waals surface area contributed by atoms with E-state index in [0.29, 0.717) is 5.69 Å². The van der Waals surface area contributed by atoms with E-state index in [-0.39, 0.29) is 17.7 Å².